The van der Waals surface area contributed by atoms with Crippen molar-refractivity contribution in [2.45, 2.75) is 6.92 Å². The molecule has 0 saturated heterocycles. The van der Waals surface area contributed by atoms with Crippen molar-refractivity contribution in [1.82, 2.24) is 0 Å². The smallest absolute Gasteiger partial charge is 0.266 e. The fourth-order valence-corrected chi connectivity index (χ4v) is 2.83. The van der Waals surface area contributed by atoms with Crippen LogP contribution in [-0.2, 0) is 0 Å². The molecule has 7 nitrogen and oxygen atoms in total. The standard InChI is InChI=1S/C23H18N2O5/c1-15-3-7-19(8-4-15)30-20-9-5-18(6-10-20)24-23(28)21-12-22(25(2)29)17(14-27)11-16(21)13-26/h3-14H,1-2H3/p+1. The van der Waals surface area contributed by atoms with E-state index in [4.69, 9.17) is 4.74 Å². The molecule has 3 aromatic rings. The molecule has 0 atom stereocenters. The van der Waals surface area contributed by atoms with Gasteiger partial charge in [0.25, 0.3) is 11.6 Å². The summed E-state index contributed by atoms with van der Waals surface area (Å²) in [6, 6.07) is 16.8. The van der Waals surface area contributed by atoms with Gasteiger partial charge in [-0.1, -0.05) is 17.7 Å². The Hall–Kier alpha value is -4.13. The molecule has 7 heteroatoms. The first kappa shape index (κ1) is 20.6. The van der Waals surface area contributed by atoms with Gasteiger partial charge in [-0.05, 0) is 49.4 Å². The number of ether oxygens (including phenoxy) is 1. The summed E-state index contributed by atoms with van der Waals surface area (Å²) in [7, 11) is 1.21. The lowest BCUT2D eigenvalue weighted by Crippen LogP contribution is -2.15. The third-order valence-corrected chi connectivity index (χ3v) is 4.41. The highest BCUT2D eigenvalue weighted by atomic mass is 16.5. The van der Waals surface area contributed by atoms with Crippen molar-refractivity contribution in [2.24, 2.45) is 0 Å². The average Bonchev–Trinajstić information content (AvgIpc) is 2.75. The Balaban J connectivity index is 1.79. The van der Waals surface area contributed by atoms with Crippen LogP contribution < -0.4 is 10.1 Å². The average molecular weight is 403 g/mol. The molecule has 0 radical (unpaired) electrons. The van der Waals surface area contributed by atoms with Crippen LogP contribution in [-0.4, -0.2) is 30.3 Å². The molecule has 0 spiro atoms. The highest BCUT2D eigenvalue weighted by Crippen LogP contribution is 2.25. The van der Waals surface area contributed by atoms with Crippen LogP contribution >= 0.6 is 0 Å². The van der Waals surface area contributed by atoms with Gasteiger partial charge in [-0.15, -0.1) is 0 Å². The molecule has 150 valence electrons. The number of rotatable bonds is 7. The largest absolute Gasteiger partial charge is 0.457 e. The molecule has 3 aromatic carbocycles. The van der Waals surface area contributed by atoms with E-state index in [1.54, 1.807) is 24.3 Å². The maximum atomic E-state index is 12.7. The van der Waals surface area contributed by atoms with Crippen LogP contribution in [0.4, 0.5) is 11.4 Å². The first-order valence-electron chi connectivity index (χ1n) is 9.06. The van der Waals surface area contributed by atoms with E-state index >= 15 is 0 Å². The second-order valence-electron chi connectivity index (χ2n) is 6.63. The van der Waals surface area contributed by atoms with Crippen LogP contribution in [0.1, 0.15) is 36.6 Å². The third kappa shape index (κ3) is 4.64. The topological polar surface area (TPSA) is 92.5 Å². The highest BCUT2D eigenvalue weighted by molar-refractivity contribution is 6.10. The zero-order valence-electron chi connectivity index (χ0n) is 16.4. The van der Waals surface area contributed by atoms with Crippen LogP contribution in [0, 0.1) is 11.8 Å². The number of nitrogens with zero attached hydrogens (tertiary/aromatic N) is 1. The van der Waals surface area contributed by atoms with Gasteiger partial charge in [-0.3, -0.25) is 14.4 Å². The first-order valence-corrected chi connectivity index (χ1v) is 9.06. The van der Waals surface area contributed by atoms with E-state index in [0.717, 1.165) is 5.56 Å². The van der Waals surface area contributed by atoms with Crippen LogP contribution in [0.3, 0.4) is 0 Å². The summed E-state index contributed by atoms with van der Waals surface area (Å²) in [5.41, 5.74) is 1.64. The molecule has 0 aromatic heterocycles. The number of nitroso groups, excluding NO2 is 1. The molecule has 0 aliphatic heterocycles. The van der Waals surface area contributed by atoms with Crippen molar-refractivity contribution in [3.05, 3.63) is 87.8 Å². The van der Waals surface area contributed by atoms with Crippen molar-refractivity contribution in [1.29, 1.82) is 0 Å². The number of anilines is 1. The van der Waals surface area contributed by atoms with E-state index in [-0.39, 0.29) is 22.4 Å². The predicted octanol–water partition coefficient (Wildman–Crippen LogP) is 4.70. The van der Waals surface area contributed by atoms with Gasteiger partial charge in [-0.25, -0.2) is 0 Å². The van der Waals surface area contributed by atoms with Crippen molar-refractivity contribution in [2.75, 3.05) is 12.4 Å². The molecule has 0 unspecified atom stereocenters. The van der Waals surface area contributed by atoms with Crippen molar-refractivity contribution in [3.8, 4) is 11.5 Å². The summed E-state index contributed by atoms with van der Waals surface area (Å²) >= 11 is 0. The fraction of sp³-hybridized carbons (Fsp3) is 0.0870. The zero-order valence-corrected chi connectivity index (χ0v) is 16.4. The van der Waals surface area contributed by atoms with Gasteiger partial charge in [0.15, 0.2) is 19.6 Å². The minimum absolute atomic E-state index is 0.00240. The minimum Gasteiger partial charge on any atom is -0.457 e. The van der Waals surface area contributed by atoms with Gasteiger partial charge in [-0.2, -0.15) is 0 Å². The second-order valence-corrected chi connectivity index (χ2v) is 6.63. The van der Waals surface area contributed by atoms with Gasteiger partial charge in [0.05, 0.1) is 11.1 Å². The molecule has 30 heavy (non-hydrogen) atoms. The van der Waals surface area contributed by atoms with Crippen molar-refractivity contribution < 1.29 is 23.9 Å². The highest BCUT2D eigenvalue weighted by Gasteiger charge is 2.22. The Morgan fingerprint density at radius 1 is 0.900 bits per heavy atom. The van der Waals surface area contributed by atoms with Crippen molar-refractivity contribution in [3.63, 3.8) is 0 Å². The fourth-order valence-electron chi connectivity index (χ4n) is 2.83. The molecular weight excluding hydrogens is 384 g/mol. The lowest BCUT2D eigenvalue weighted by Gasteiger charge is -2.10. The zero-order chi connectivity index (χ0) is 21.7. The minimum atomic E-state index is -0.579. The third-order valence-electron chi connectivity index (χ3n) is 4.41. The van der Waals surface area contributed by atoms with E-state index in [9.17, 15) is 19.3 Å². The van der Waals surface area contributed by atoms with Crippen LogP contribution in [0.2, 0.25) is 0 Å². The second kappa shape index (κ2) is 8.91. The molecule has 0 heterocycles. The van der Waals surface area contributed by atoms with E-state index in [2.05, 4.69) is 5.32 Å². The maximum Gasteiger partial charge on any atom is 0.266 e. The number of nitrogens with one attached hydrogen (secondary N) is 1. The number of aryl methyl sites for hydroxylation is 1. The van der Waals surface area contributed by atoms with E-state index in [0.29, 0.717) is 34.5 Å². The molecule has 1 N–H and O–H groups in total. The summed E-state index contributed by atoms with van der Waals surface area (Å²) in [5.74, 6) is 0.707. The molecule has 3 rings (SSSR count). The maximum absolute atomic E-state index is 12.7. The first-order chi connectivity index (χ1) is 14.4. The summed E-state index contributed by atoms with van der Waals surface area (Å²) in [5, 5.41) is 2.67. The summed E-state index contributed by atoms with van der Waals surface area (Å²) < 4.78 is 6.21. The number of benzene rings is 3. The quantitative estimate of drug-likeness (QED) is 0.456. The number of amides is 1. The molecular formula is C23H19N2O5+. The molecule has 1 amide bonds. The molecule has 0 aliphatic carbocycles. The van der Waals surface area contributed by atoms with Crippen LogP contribution in [0.25, 0.3) is 0 Å². The summed E-state index contributed by atoms with van der Waals surface area (Å²) in [6.07, 6.45) is 0.931. The van der Waals surface area contributed by atoms with E-state index < -0.39 is 5.91 Å². The van der Waals surface area contributed by atoms with Gasteiger partial charge < -0.3 is 10.1 Å². The molecule has 0 saturated carbocycles. The van der Waals surface area contributed by atoms with Crippen LogP contribution in [0.5, 0.6) is 11.5 Å². The SMILES string of the molecule is Cc1ccc(Oc2ccc(NC(=O)c3cc([N+](C)=O)c(C=O)cc3C=O)cc2)cc1. The normalized spacial score (nSPS) is 10.2. The van der Waals surface area contributed by atoms with Gasteiger partial charge in [0, 0.05) is 27.0 Å². The number of carbonyl (C=O) groups is 3. The Morgan fingerprint density at radius 2 is 1.47 bits per heavy atom. The molecule has 0 aliphatic rings. The molecule has 0 fully saturated rings. The number of hydrogen-bond acceptors (Lipinski definition) is 5. The monoisotopic (exact) mass is 403 g/mol. The summed E-state index contributed by atoms with van der Waals surface area (Å²) in [6.45, 7) is 1.99. The van der Waals surface area contributed by atoms with Crippen molar-refractivity contribution >= 4 is 29.9 Å². The van der Waals surface area contributed by atoms with Gasteiger partial charge >= 0.3 is 0 Å². The number of hydrogen-bond donors (Lipinski definition) is 1. The van der Waals surface area contributed by atoms with E-state index in [1.165, 1.54) is 19.2 Å². The van der Waals surface area contributed by atoms with E-state index in [1.807, 2.05) is 31.2 Å². The Morgan fingerprint density at radius 3 is 2.00 bits per heavy atom. The Kier molecular flexibility index (Phi) is 6.12. The summed E-state index contributed by atoms with van der Waals surface area (Å²) in [4.78, 5) is 46.9. The Labute approximate surface area is 172 Å². The number of carbonyl (C=O) groups excluding carboxylic acids is 3. The van der Waals surface area contributed by atoms with Crippen LogP contribution in [0.15, 0.2) is 60.7 Å². The number of aldehydes is 2. The molecule has 0 bridgehead atoms. The Bertz CT molecular complexity index is 1120. The van der Waals surface area contributed by atoms with Gasteiger partial charge in [0.1, 0.15) is 11.5 Å². The van der Waals surface area contributed by atoms with Gasteiger partial charge in [0.2, 0.25) is 0 Å². The lowest BCUT2D eigenvalue weighted by atomic mass is 10.0. The lowest BCUT2D eigenvalue weighted by molar-refractivity contribution is -0.428. The predicted molar refractivity (Wildman–Crippen MR) is 112 cm³/mol.